The molecule has 0 amide bonds. The van der Waals surface area contributed by atoms with Crippen molar-refractivity contribution in [1.82, 2.24) is 14.6 Å². The minimum Gasteiger partial charge on any atom is -0.493 e. The summed E-state index contributed by atoms with van der Waals surface area (Å²) in [5, 5.41) is 6.01. The SMILES string of the molecule is COC(=O)CSCc1cccc(OCCc2nc(-c3ccc(-c4csnn4)cc3)oc2C)c1. The van der Waals surface area contributed by atoms with Gasteiger partial charge in [-0.1, -0.05) is 28.8 Å². The molecule has 0 atom stereocenters. The van der Waals surface area contributed by atoms with Crippen molar-refractivity contribution in [3.8, 4) is 28.5 Å². The maximum absolute atomic E-state index is 11.2. The molecule has 0 N–H and O–H groups in total. The Bertz CT molecular complexity index is 1190. The van der Waals surface area contributed by atoms with Gasteiger partial charge in [0.25, 0.3) is 0 Å². The van der Waals surface area contributed by atoms with Crippen LogP contribution in [0, 0.1) is 6.92 Å². The Balaban J connectivity index is 1.32. The average molecular weight is 482 g/mol. The van der Waals surface area contributed by atoms with Crippen molar-refractivity contribution in [2.45, 2.75) is 19.1 Å². The summed E-state index contributed by atoms with van der Waals surface area (Å²) in [5.74, 6) is 3.00. The summed E-state index contributed by atoms with van der Waals surface area (Å²) in [5.41, 5.74) is 4.75. The van der Waals surface area contributed by atoms with Gasteiger partial charge in [-0.25, -0.2) is 4.98 Å². The molecule has 7 nitrogen and oxygen atoms in total. The second-order valence-electron chi connectivity index (χ2n) is 7.20. The third kappa shape index (κ3) is 6.21. The van der Waals surface area contributed by atoms with Gasteiger partial charge in [-0.05, 0) is 48.3 Å². The largest absolute Gasteiger partial charge is 0.493 e. The molecule has 0 aliphatic carbocycles. The number of hydrogen-bond donors (Lipinski definition) is 0. The zero-order valence-electron chi connectivity index (χ0n) is 18.3. The molecule has 0 saturated carbocycles. The Kier molecular flexibility index (Phi) is 7.74. The van der Waals surface area contributed by atoms with E-state index in [1.807, 2.05) is 60.8 Å². The molecule has 0 unspecified atom stereocenters. The molecule has 0 spiro atoms. The molecule has 0 saturated heterocycles. The molecule has 33 heavy (non-hydrogen) atoms. The van der Waals surface area contributed by atoms with E-state index in [2.05, 4.69) is 19.3 Å². The van der Waals surface area contributed by atoms with Crippen molar-refractivity contribution >= 4 is 29.3 Å². The van der Waals surface area contributed by atoms with Crippen molar-refractivity contribution in [2.75, 3.05) is 19.5 Å². The maximum Gasteiger partial charge on any atom is 0.315 e. The highest BCUT2D eigenvalue weighted by Gasteiger charge is 2.12. The van der Waals surface area contributed by atoms with Crippen molar-refractivity contribution in [3.05, 3.63) is 70.9 Å². The van der Waals surface area contributed by atoms with Crippen LogP contribution in [0.1, 0.15) is 17.0 Å². The van der Waals surface area contributed by atoms with E-state index < -0.39 is 0 Å². The summed E-state index contributed by atoms with van der Waals surface area (Å²) >= 11 is 2.84. The molecular weight excluding hydrogens is 458 g/mol. The number of oxazole rings is 1. The molecular formula is C24H23N3O4S2. The topological polar surface area (TPSA) is 87.3 Å². The van der Waals surface area contributed by atoms with Gasteiger partial charge in [0, 0.05) is 28.7 Å². The number of rotatable bonds is 10. The lowest BCUT2D eigenvalue weighted by atomic mass is 10.1. The van der Waals surface area contributed by atoms with Crippen LogP contribution in [0.5, 0.6) is 5.75 Å². The summed E-state index contributed by atoms with van der Waals surface area (Å²) in [7, 11) is 1.40. The number of esters is 1. The molecule has 4 rings (SSSR count). The van der Waals surface area contributed by atoms with Gasteiger partial charge in [0.15, 0.2) is 0 Å². The maximum atomic E-state index is 11.2. The van der Waals surface area contributed by atoms with E-state index in [0.29, 0.717) is 24.7 Å². The number of aryl methyl sites for hydroxylation is 1. The summed E-state index contributed by atoms with van der Waals surface area (Å²) in [6, 6.07) is 15.8. The molecule has 0 aliphatic rings. The number of benzene rings is 2. The van der Waals surface area contributed by atoms with Gasteiger partial charge < -0.3 is 13.9 Å². The van der Waals surface area contributed by atoms with Crippen LogP contribution in [0.2, 0.25) is 0 Å². The minimum absolute atomic E-state index is 0.220. The second kappa shape index (κ2) is 11.1. The van der Waals surface area contributed by atoms with E-state index in [-0.39, 0.29) is 5.97 Å². The highest BCUT2D eigenvalue weighted by Crippen LogP contribution is 2.26. The number of methoxy groups -OCH3 is 1. The van der Waals surface area contributed by atoms with Gasteiger partial charge in [0.1, 0.15) is 17.2 Å². The van der Waals surface area contributed by atoms with Crippen molar-refractivity contribution in [3.63, 3.8) is 0 Å². The number of carbonyl (C=O) groups excluding carboxylic acids is 1. The zero-order chi connectivity index (χ0) is 23.0. The Labute approximate surface area is 200 Å². The van der Waals surface area contributed by atoms with Gasteiger partial charge in [0.05, 0.1) is 25.2 Å². The Morgan fingerprint density at radius 3 is 2.73 bits per heavy atom. The lowest BCUT2D eigenvalue weighted by Crippen LogP contribution is -2.04. The molecule has 0 aliphatic heterocycles. The molecule has 0 radical (unpaired) electrons. The van der Waals surface area contributed by atoms with Gasteiger partial charge >= 0.3 is 5.97 Å². The van der Waals surface area contributed by atoms with E-state index in [0.717, 1.165) is 45.3 Å². The molecule has 2 aromatic carbocycles. The summed E-state index contributed by atoms with van der Waals surface area (Å²) < 4.78 is 20.4. The van der Waals surface area contributed by atoms with Crippen LogP contribution >= 0.6 is 23.3 Å². The number of nitrogens with zero attached hydrogens (tertiary/aromatic N) is 3. The monoisotopic (exact) mass is 481 g/mol. The first-order valence-electron chi connectivity index (χ1n) is 10.3. The standard InChI is InChI=1S/C24H23N3O4S2/c1-16-21(10-11-30-20-5-3-4-17(12-20)13-32-15-23(28)29-2)25-24(31-16)19-8-6-18(7-9-19)22-14-33-27-26-22/h3-9,12,14H,10-11,13,15H2,1-2H3. The number of carbonyl (C=O) groups is 1. The highest BCUT2D eigenvalue weighted by molar-refractivity contribution is 7.99. The van der Waals surface area contributed by atoms with Crippen LogP contribution in [0.3, 0.4) is 0 Å². The van der Waals surface area contributed by atoms with Gasteiger partial charge in [-0.2, -0.15) is 0 Å². The molecule has 170 valence electrons. The fourth-order valence-corrected chi connectivity index (χ4v) is 4.43. The van der Waals surface area contributed by atoms with Gasteiger partial charge in [0.2, 0.25) is 5.89 Å². The predicted molar refractivity (Wildman–Crippen MR) is 129 cm³/mol. The predicted octanol–water partition coefficient (Wildman–Crippen LogP) is 5.20. The smallest absolute Gasteiger partial charge is 0.315 e. The molecule has 0 fully saturated rings. The first-order chi connectivity index (χ1) is 16.1. The van der Waals surface area contributed by atoms with Crippen molar-refractivity contribution in [2.24, 2.45) is 0 Å². The normalized spacial score (nSPS) is 10.8. The third-order valence-corrected chi connectivity index (χ3v) is 6.38. The summed E-state index contributed by atoms with van der Waals surface area (Å²) in [6.45, 7) is 2.40. The molecule has 2 heterocycles. The summed E-state index contributed by atoms with van der Waals surface area (Å²) in [6.07, 6.45) is 0.638. The van der Waals surface area contributed by atoms with Crippen molar-refractivity contribution < 1.29 is 18.7 Å². The lowest BCUT2D eigenvalue weighted by Gasteiger charge is -2.07. The van der Waals surface area contributed by atoms with Gasteiger partial charge in [-0.15, -0.1) is 16.9 Å². The number of thioether (sulfide) groups is 1. The number of hydrogen-bond acceptors (Lipinski definition) is 9. The first-order valence-corrected chi connectivity index (χ1v) is 12.3. The molecule has 0 bridgehead atoms. The quantitative estimate of drug-likeness (QED) is 0.286. The average Bonchev–Trinajstić information content (AvgIpc) is 3.50. The van der Waals surface area contributed by atoms with Crippen molar-refractivity contribution in [1.29, 1.82) is 0 Å². The lowest BCUT2D eigenvalue weighted by molar-refractivity contribution is -0.137. The Morgan fingerprint density at radius 1 is 1.15 bits per heavy atom. The van der Waals surface area contributed by atoms with Crippen LogP contribution in [0.4, 0.5) is 0 Å². The van der Waals surface area contributed by atoms with E-state index in [1.54, 1.807) is 0 Å². The summed E-state index contributed by atoms with van der Waals surface area (Å²) in [4.78, 5) is 15.9. The highest BCUT2D eigenvalue weighted by atomic mass is 32.2. The third-order valence-electron chi connectivity index (χ3n) is 4.90. The Hall–Kier alpha value is -3.17. The number of aromatic nitrogens is 3. The minimum atomic E-state index is -0.220. The van der Waals surface area contributed by atoms with Crippen LogP contribution < -0.4 is 4.74 Å². The number of ether oxygens (including phenoxy) is 2. The van der Waals surface area contributed by atoms with Crippen LogP contribution in [0.15, 0.2) is 58.3 Å². The van der Waals surface area contributed by atoms with Crippen LogP contribution in [-0.4, -0.2) is 40.0 Å². The van der Waals surface area contributed by atoms with Crippen LogP contribution in [-0.2, 0) is 21.7 Å². The zero-order valence-corrected chi connectivity index (χ0v) is 19.9. The molecule has 4 aromatic rings. The van der Waals surface area contributed by atoms with E-state index in [9.17, 15) is 4.79 Å². The first kappa shape index (κ1) is 23.0. The van der Waals surface area contributed by atoms with Crippen LogP contribution in [0.25, 0.3) is 22.7 Å². The fraction of sp³-hybridized carbons (Fsp3) is 0.250. The molecule has 9 heteroatoms. The fourth-order valence-electron chi connectivity index (χ4n) is 3.16. The van der Waals surface area contributed by atoms with E-state index in [4.69, 9.17) is 9.15 Å². The van der Waals surface area contributed by atoms with Gasteiger partial charge in [-0.3, -0.25) is 4.79 Å². The Morgan fingerprint density at radius 2 is 1.97 bits per heavy atom. The van der Waals surface area contributed by atoms with E-state index in [1.165, 1.54) is 30.4 Å². The van der Waals surface area contributed by atoms with E-state index >= 15 is 0 Å². The second-order valence-corrected chi connectivity index (χ2v) is 8.80. The molecule has 2 aromatic heterocycles.